The minimum Gasteiger partial charge on any atom is -0.411 e. The normalized spacial score (nSPS) is 10.6. The molecule has 0 aromatic rings. The molecule has 0 aliphatic heterocycles. The maximum atomic E-state index is 5.11. The number of nitrogens with zero attached hydrogens (tertiary/aromatic N) is 1. The molecule has 8 heteroatoms. The van der Waals surface area contributed by atoms with Crippen molar-refractivity contribution >= 4 is 29.2 Å². The first kappa shape index (κ1) is 21.3. The molecule has 0 heterocycles. The van der Waals surface area contributed by atoms with Crippen LogP contribution in [0.4, 0.5) is 0 Å². The SMILES string of the molecule is COC(CCN(CC(OC)OC)C(=S)[S-])OC.[Na+]. The summed E-state index contributed by atoms with van der Waals surface area (Å²) < 4.78 is 20.8. The molecule has 0 radical (unpaired) electrons. The molecule has 0 saturated heterocycles. The van der Waals surface area contributed by atoms with Crippen LogP contribution >= 0.6 is 12.2 Å². The van der Waals surface area contributed by atoms with E-state index >= 15 is 0 Å². The van der Waals surface area contributed by atoms with Crippen molar-refractivity contribution in [1.82, 2.24) is 4.90 Å². The Labute approximate surface area is 142 Å². The molecule has 0 rings (SSSR count). The molecule has 0 atom stereocenters. The summed E-state index contributed by atoms with van der Waals surface area (Å²) in [7, 11) is 6.34. The number of rotatable bonds is 9. The van der Waals surface area contributed by atoms with Gasteiger partial charge in [0.15, 0.2) is 12.6 Å². The van der Waals surface area contributed by atoms with E-state index in [1.165, 1.54) is 0 Å². The van der Waals surface area contributed by atoms with Crippen LogP contribution in [0.15, 0.2) is 0 Å². The Morgan fingerprint density at radius 1 is 1.06 bits per heavy atom. The van der Waals surface area contributed by atoms with Gasteiger partial charge in [0.2, 0.25) is 0 Å². The molecule has 0 bridgehead atoms. The molecule has 0 amide bonds. The van der Waals surface area contributed by atoms with Gasteiger partial charge >= 0.3 is 29.6 Å². The third-order valence-corrected chi connectivity index (χ3v) is 2.83. The van der Waals surface area contributed by atoms with Gasteiger partial charge in [-0.1, -0.05) is 4.32 Å². The van der Waals surface area contributed by atoms with Crippen molar-refractivity contribution in [3.8, 4) is 0 Å². The van der Waals surface area contributed by atoms with E-state index in [1.807, 2.05) is 4.90 Å². The monoisotopic (exact) mass is 305 g/mol. The zero-order chi connectivity index (χ0) is 13.3. The van der Waals surface area contributed by atoms with Crippen LogP contribution in [0.5, 0.6) is 0 Å². The Morgan fingerprint density at radius 2 is 1.50 bits per heavy atom. The van der Waals surface area contributed by atoms with Crippen molar-refractivity contribution in [3.63, 3.8) is 0 Å². The topological polar surface area (TPSA) is 40.2 Å². The first-order valence-electron chi connectivity index (χ1n) is 5.16. The van der Waals surface area contributed by atoms with Gasteiger partial charge in [0, 0.05) is 41.4 Å². The fourth-order valence-electron chi connectivity index (χ4n) is 1.28. The second kappa shape index (κ2) is 13.0. The van der Waals surface area contributed by atoms with Crippen LogP contribution < -0.4 is 29.6 Å². The summed E-state index contributed by atoms with van der Waals surface area (Å²) in [6.07, 6.45) is 0.0639. The minimum absolute atomic E-state index is 0. The first-order valence-corrected chi connectivity index (χ1v) is 5.97. The number of methoxy groups -OCH3 is 4. The van der Waals surface area contributed by atoms with Gasteiger partial charge in [-0.3, -0.25) is 0 Å². The fraction of sp³-hybridized carbons (Fsp3) is 0.900. The Bertz CT molecular complexity index is 216. The van der Waals surface area contributed by atoms with E-state index in [0.717, 1.165) is 0 Å². The van der Waals surface area contributed by atoms with Crippen molar-refractivity contribution in [2.75, 3.05) is 41.5 Å². The van der Waals surface area contributed by atoms with Gasteiger partial charge in [-0.2, -0.15) is 0 Å². The summed E-state index contributed by atoms with van der Waals surface area (Å²) in [6.45, 7) is 1.13. The average Bonchev–Trinajstić information content (AvgIpc) is 2.33. The molecular formula is C10H20NNaO4S2. The molecule has 18 heavy (non-hydrogen) atoms. The van der Waals surface area contributed by atoms with Crippen molar-refractivity contribution in [2.45, 2.75) is 19.0 Å². The number of ether oxygens (including phenoxy) is 4. The summed E-state index contributed by atoms with van der Waals surface area (Å²) in [4.78, 5) is 1.83. The van der Waals surface area contributed by atoms with Crippen molar-refractivity contribution < 1.29 is 48.5 Å². The van der Waals surface area contributed by atoms with Gasteiger partial charge in [-0.25, -0.2) is 0 Å². The summed E-state index contributed by atoms with van der Waals surface area (Å²) >= 11 is 10.0. The quantitative estimate of drug-likeness (QED) is 0.206. The predicted molar refractivity (Wildman–Crippen MR) is 71.8 cm³/mol. The van der Waals surface area contributed by atoms with Crippen LogP contribution in [-0.4, -0.2) is 63.3 Å². The van der Waals surface area contributed by atoms with Crippen molar-refractivity contribution in [1.29, 1.82) is 0 Å². The standard InChI is InChI=1S/C10H21NO4S2.Na/c1-12-8(13-2)5-6-11(10(16)17)7-9(14-3)15-4;/h8-9H,5-7H2,1-4H3,(H,16,17);/q;+1/p-1. The van der Waals surface area contributed by atoms with Gasteiger partial charge in [0.05, 0.1) is 6.54 Å². The van der Waals surface area contributed by atoms with Gasteiger partial charge in [-0.15, -0.1) is 0 Å². The van der Waals surface area contributed by atoms with Gasteiger partial charge in [-0.05, 0) is 0 Å². The molecular weight excluding hydrogens is 285 g/mol. The second-order valence-electron chi connectivity index (χ2n) is 3.30. The third kappa shape index (κ3) is 8.95. The molecule has 5 nitrogen and oxygen atoms in total. The molecule has 0 unspecified atom stereocenters. The van der Waals surface area contributed by atoms with E-state index in [0.29, 0.717) is 23.8 Å². The predicted octanol–water partition coefficient (Wildman–Crippen LogP) is -2.25. The maximum Gasteiger partial charge on any atom is 1.00 e. The van der Waals surface area contributed by atoms with Crippen molar-refractivity contribution in [3.05, 3.63) is 0 Å². The zero-order valence-corrected chi connectivity index (χ0v) is 15.3. The molecule has 0 aliphatic rings. The van der Waals surface area contributed by atoms with E-state index in [2.05, 4.69) is 0 Å². The Balaban J connectivity index is 0. The van der Waals surface area contributed by atoms with Crippen LogP contribution in [0.2, 0.25) is 0 Å². The molecule has 0 aliphatic carbocycles. The molecule has 0 spiro atoms. The Hall–Kier alpha value is 0.950. The zero-order valence-electron chi connectivity index (χ0n) is 11.7. The van der Waals surface area contributed by atoms with E-state index in [4.69, 9.17) is 43.8 Å². The van der Waals surface area contributed by atoms with Crippen LogP contribution in [0.25, 0.3) is 0 Å². The number of thiocarbonyl (C=S) groups is 1. The number of hydrogen-bond donors (Lipinski definition) is 0. The number of hydrogen-bond acceptors (Lipinski definition) is 6. The Morgan fingerprint density at radius 3 is 1.83 bits per heavy atom. The van der Waals surface area contributed by atoms with E-state index in [-0.39, 0.29) is 42.1 Å². The van der Waals surface area contributed by atoms with Gasteiger partial charge < -0.3 is 48.7 Å². The Kier molecular flexibility index (Phi) is 15.3. The summed E-state index contributed by atoms with van der Waals surface area (Å²) in [5.74, 6) is 0. The van der Waals surface area contributed by atoms with E-state index in [9.17, 15) is 0 Å². The minimum atomic E-state index is -0.348. The van der Waals surface area contributed by atoms with Crippen LogP contribution in [0.3, 0.4) is 0 Å². The average molecular weight is 305 g/mol. The van der Waals surface area contributed by atoms with E-state index < -0.39 is 0 Å². The fourth-order valence-corrected chi connectivity index (χ4v) is 1.61. The summed E-state index contributed by atoms with van der Waals surface area (Å²) in [5, 5.41) is 0. The molecule has 0 saturated carbocycles. The van der Waals surface area contributed by atoms with Gasteiger partial charge in [0.25, 0.3) is 0 Å². The summed E-state index contributed by atoms with van der Waals surface area (Å²) in [5.41, 5.74) is 0. The first-order chi connectivity index (χ1) is 8.08. The smallest absolute Gasteiger partial charge is 0.411 e. The molecule has 0 aromatic carbocycles. The van der Waals surface area contributed by atoms with Crippen molar-refractivity contribution in [2.24, 2.45) is 0 Å². The van der Waals surface area contributed by atoms with Crippen LogP contribution in [-0.2, 0) is 31.6 Å². The molecule has 0 aromatic heterocycles. The maximum absolute atomic E-state index is 5.11. The van der Waals surface area contributed by atoms with E-state index in [1.54, 1.807) is 28.4 Å². The largest absolute Gasteiger partial charge is 1.00 e. The molecule has 0 N–H and O–H groups in total. The molecule has 102 valence electrons. The van der Waals surface area contributed by atoms with Gasteiger partial charge in [0.1, 0.15) is 0 Å². The molecule has 0 fully saturated rings. The van der Waals surface area contributed by atoms with Crippen LogP contribution in [0.1, 0.15) is 6.42 Å². The third-order valence-electron chi connectivity index (χ3n) is 2.31. The summed E-state index contributed by atoms with van der Waals surface area (Å²) in [6, 6.07) is 0. The second-order valence-corrected chi connectivity index (χ2v) is 4.33. The van der Waals surface area contributed by atoms with Crippen LogP contribution in [0, 0.1) is 0 Å².